The molecule has 44 heavy (non-hydrogen) atoms. The Hall–Kier alpha value is -2.78. The second-order valence-electron chi connectivity index (χ2n) is 9.84. The van der Waals surface area contributed by atoms with Crippen LogP contribution in [0.5, 0.6) is 23.0 Å². The summed E-state index contributed by atoms with van der Waals surface area (Å²) in [6.45, 7) is 1.88. The zero-order chi connectivity index (χ0) is 31.7. The van der Waals surface area contributed by atoms with Crippen molar-refractivity contribution in [2.75, 3.05) is 13.2 Å². The molecular weight excluding hydrogens is 634 g/mol. The Labute approximate surface area is 269 Å². The molecule has 0 heterocycles. The highest BCUT2D eigenvalue weighted by molar-refractivity contribution is 8.09. The highest BCUT2D eigenvalue weighted by atomic mass is 32.5. The number of hydrogen-bond acceptors (Lipinski definition) is 8. The van der Waals surface area contributed by atoms with Crippen molar-refractivity contribution in [1.29, 1.82) is 0 Å². The lowest BCUT2D eigenvalue weighted by Gasteiger charge is -2.29. The molecule has 0 amide bonds. The highest BCUT2D eigenvalue weighted by Gasteiger charge is 2.30. The first-order valence-corrected chi connectivity index (χ1v) is 19.5. The van der Waals surface area contributed by atoms with Gasteiger partial charge in [0, 0.05) is 12.1 Å². The van der Waals surface area contributed by atoms with Crippen LogP contribution in [0, 0.1) is 0 Å². The minimum Gasteiger partial charge on any atom is -0.507 e. The van der Waals surface area contributed by atoms with Crippen molar-refractivity contribution in [2.24, 2.45) is 0 Å². The molecule has 0 bridgehead atoms. The van der Waals surface area contributed by atoms with Gasteiger partial charge in [-0.25, -0.2) is 10.2 Å². The van der Waals surface area contributed by atoms with Gasteiger partial charge in [0.15, 0.2) is 0 Å². The summed E-state index contributed by atoms with van der Waals surface area (Å²) in [4.78, 5) is 0. The molecule has 0 aliphatic heterocycles. The van der Waals surface area contributed by atoms with E-state index in [9.17, 15) is 10.2 Å². The smallest absolute Gasteiger partial charge is 0.313 e. The first-order valence-electron chi connectivity index (χ1n) is 14.3. The predicted octanol–water partition coefficient (Wildman–Crippen LogP) is 8.75. The van der Waals surface area contributed by atoms with Crippen LogP contribution in [0.2, 0.25) is 0 Å². The summed E-state index contributed by atoms with van der Waals surface area (Å²) in [6, 6.07) is 28.9. The lowest BCUT2D eigenvalue weighted by molar-refractivity contribution is 0.316. The van der Waals surface area contributed by atoms with E-state index in [1.165, 1.54) is 12.1 Å². The van der Waals surface area contributed by atoms with E-state index in [0.717, 1.165) is 11.1 Å². The topological polar surface area (TPSA) is 101 Å². The van der Waals surface area contributed by atoms with Crippen LogP contribution in [0.15, 0.2) is 97.1 Å². The standard InChI is InChI=1S/C32H38N2O6P2S2/c1-5-37-41(43,33-23(3)25-15-9-7-10-16-25)39-29-21-13-19-27(35)31(29)32-28(36)20-14-22-30(32)40-42(44,38-6-2)34-24(4)26-17-11-8-12-18-26/h7-24,35-36H,5-6H2,1-4H3,(H,33,43)(H,34,44)/t23-,24-,41?,42?/m0/s1. The van der Waals surface area contributed by atoms with E-state index < -0.39 is 13.3 Å². The van der Waals surface area contributed by atoms with Gasteiger partial charge in [0.25, 0.3) is 0 Å². The average Bonchev–Trinajstić information content (AvgIpc) is 2.99. The largest absolute Gasteiger partial charge is 0.507 e. The molecule has 0 spiro atoms. The molecule has 4 rings (SSSR count). The van der Waals surface area contributed by atoms with E-state index in [0.29, 0.717) is 13.2 Å². The number of hydrogen-bond donors (Lipinski definition) is 4. The zero-order valence-electron chi connectivity index (χ0n) is 25.0. The summed E-state index contributed by atoms with van der Waals surface area (Å²) in [5.74, 6) is 0.101. The fourth-order valence-corrected chi connectivity index (χ4v) is 9.75. The lowest BCUT2D eigenvalue weighted by atomic mass is 10.0. The number of aromatic hydroxyl groups is 2. The minimum absolute atomic E-state index is 0.154. The molecule has 4 aromatic rings. The van der Waals surface area contributed by atoms with Crippen molar-refractivity contribution in [3.05, 3.63) is 108 Å². The quantitative estimate of drug-likeness (QED) is 0.0918. The van der Waals surface area contributed by atoms with Crippen molar-refractivity contribution in [2.45, 2.75) is 39.8 Å². The number of benzene rings is 4. The van der Waals surface area contributed by atoms with Gasteiger partial charge < -0.3 is 28.3 Å². The van der Waals surface area contributed by atoms with E-state index in [1.54, 1.807) is 24.3 Å². The SMILES string of the molecule is CCOP(=S)(N[C@@H](C)c1ccccc1)Oc1cccc(O)c1-c1c(O)cccc1OP(=S)(N[C@@H](C)c1ccccc1)OCC. The van der Waals surface area contributed by atoms with Gasteiger partial charge in [-0.2, -0.15) is 0 Å². The Morgan fingerprint density at radius 1 is 0.591 bits per heavy atom. The fourth-order valence-electron chi connectivity index (χ4n) is 4.58. The normalized spacial score (nSPS) is 15.5. The van der Waals surface area contributed by atoms with E-state index in [2.05, 4.69) is 10.2 Å². The van der Waals surface area contributed by atoms with Gasteiger partial charge in [0.1, 0.15) is 23.0 Å². The summed E-state index contributed by atoms with van der Waals surface area (Å²) in [5.41, 5.74) is 2.38. The van der Waals surface area contributed by atoms with Gasteiger partial charge in [0.2, 0.25) is 0 Å². The molecule has 0 radical (unpaired) electrons. The summed E-state index contributed by atoms with van der Waals surface area (Å²) < 4.78 is 24.8. The molecule has 4 atom stereocenters. The van der Waals surface area contributed by atoms with Gasteiger partial charge >= 0.3 is 13.3 Å². The van der Waals surface area contributed by atoms with Gasteiger partial charge in [-0.1, -0.05) is 72.8 Å². The van der Waals surface area contributed by atoms with Crippen molar-refractivity contribution >= 4 is 36.9 Å². The van der Waals surface area contributed by atoms with Crippen LogP contribution in [0.4, 0.5) is 0 Å². The second kappa shape index (κ2) is 15.5. The monoisotopic (exact) mass is 672 g/mol. The van der Waals surface area contributed by atoms with Crippen LogP contribution in [0.1, 0.15) is 50.9 Å². The number of phenols is 2. The summed E-state index contributed by atoms with van der Waals surface area (Å²) in [6.07, 6.45) is 0. The Morgan fingerprint density at radius 3 is 1.30 bits per heavy atom. The summed E-state index contributed by atoms with van der Waals surface area (Å²) >= 11 is 11.9. The van der Waals surface area contributed by atoms with Crippen molar-refractivity contribution < 1.29 is 28.3 Å². The van der Waals surface area contributed by atoms with Crippen LogP contribution in [-0.2, 0) is 32.7 Å². The molecule has 2 unspecified atom stereocenters. The van der Waals surface area contributed by atoms with E-state index in [-0.39, 0.29) is 46.2 Å². The second-order valence-corrected chi connectivity index (χ2v) is 16.1. The van der Waals surface area contributed by atoms with Gasteiger partial charge in [0.05, 0.1) is 24.3 Å². The minimum atomic E-state index is -3.17. The van der Waals surface area contributed by atoms with E-state index >= 15 is 0 Å². The Kier molecular flexibility index (Phi) is 12.0. The molecule has 4 N–H and O–H groups in total. The zero-order valence-corrected chi connectivity index (χ0v) is 28.5. The first-order chi connectivity index (χ1) is 21.1. The predicted molar refractivity (Wildman–Crippen MR) is 184 cm³/mol. The first kappa shape index (κ1) is 34.1. The Bertz CT molecular complexity index is 1510. The summed E-state index contributed by atoms with van der Waals surface area (Å²) in [5, 5.41) is 29.1. The Balaban J connectivity index is 1.73. The highest BCUT2D eigenvalue weighted by Crippen LogP contribution is 2.56. The molecule has 0 saturated carbocycles. The van der Waals surface area contributed by atoms with Crippen LogP contribution in [0.3, 0.4) is 0 Å². The average molecular weight is 673 g/mol. The third-order valence-electron chi connectivity index (χ3n) is 6.60. The van der Waals surface area contributed by atoms with Crippen molar-refractivity contribution in [3.63, 3.8) is 0 Å². The lowest BCUT2D eigenvalue weighted by Crippen LogP contribution is -2.21. The van der Waals surface area contributed by atoms with Gasteiger partial charge in [-0.3, -0.25) is 0 Å². The number of rotatable bonds is 15. The molecule has 4 aromatic carbocycles. The van der Waals surface area contributed by atoms with Crippen LogP contribution < -0.4 is 19.2 Å². The molecule has 8 nitrogen and oxygen atoms in total. The van der Waals surface area contributed by atoms with Gasteiger partial charge in [-0.15, -0.1) is 0 Å². The van der Waals surface area contributed by atoms with E-state index in [4.69, 9.17) is 41.7 Å². The van der Waals surface area contributed by atoms with Crippen molar-refractivity contribution in [1.82, 2.24) is 10.2 Å². The molecule has 0 aromatic heterocycles. The molecule has 0 saturated heterocycles. The van der Waals surface area contributed by atoms with Crippen LogP contribution >= 0.6 is 13.3 Å². The number of nitrogens with one attached hydrogen (secondary N) is 2. The van der Waals surface area contributed by atoms with E-state index in [1.807, 2.05) is 88.4 Å². The van der Waals surface area contributed by atoms with Crippen LogP contribution in [-0.4, -0.2) is 23.4 Å². The molecule has 0 aliphatic carbocycles. The number of phenolic OH excluding ortho intramolecular Hbond substituents is 2. The molecule has 12 heteroatoms. The van der Waals surface area contributed by atoms with Crippen molar-refractivity contribution in [3.8, 4) is 34.1 Å². The molecular formula is C32H38N2O6P2S2. The van der Waals surface area contributed by atoms with Crippen LogP contribution in [0.25, 0.3) is 11.1 Å². The molecule has 0 fully saturated rings. The molecule has 234 valence electrons. The third-order valence-corrected chi connectivity index (χ3v) is 11.8. The summed E-state index contributed by atoms with van der Waals surface area (Å²) in [7, 11) is 0. The third kappa shape index (κ3) is 8.68. The maximum absolute atomic E-state index is 11.2. The molecule has 0 aliphatic rings. The maximum atomic E-state index is 11.2. The fraction of sp³-hybridized carbons (Fsp3) is 0.250. The van der Waals surface area contributed by atoms with Gasteiger partial charge in [-0.05, 0) is 86.7 Å². The Morgan fingerprint density at radius 2 is 0.955 bits per heavy atom. The maximum Gasteiger partial charge on any atom is 0.313 e.